The van der Waals surface area contributed by atoms with Crippen molar-refractivity contribution in [2.45, 2.75) is 50.0 Å². The van der Waals surface area contributed by atoms with Crippen molar-refractivity contribution in [3.05, 3.63) is 48.0 Å². The average Bonchev–Trinajstić information content (AvgIpc) is 3.08. The quantitative estimate of drug-likeness (QED) is 0.552. The number of hydrogen-bond acceptors (Lipinski definition) is 6. The van der Waals surface area contributed by atoms with Gasteiger partial charge in [-0.2, -0.15) is 0 Å². The fraction of sp³-hybridized carbons (Fsp3) is 0.480. The van der Waals surface area contributed by atoms with Crippen LogP contribution in [-0.2, 0) is 10.0 Å². The van der Waals surface area contributed by atoms with Crippen LogP contribution in [0.1, 0.15) is 49.4 Å². The Balaban J connectivity index is 1.29. The minimum Gasteiger partial charge on any atom is -0.490 e. The fourth-order valence-electron chi connectivity index (χ4n) is 4.29. The Kier molecular flexibility index (Phi) is 7.95. The molecule has 1 atom stereocenters. The lowest BCUT2D eigenvalue weighted by atomic mass is 10.0. The number of hydrogen-bond donors (Lipinski definition) is 2. The van der Waals surface area contributed by atoms with Gasteiger partial charge in [0.25, 0.3) is 15.9 Å². The normalized spacial score (nSPS) is 18.7. The zero-order valence-corrected chi connectivity index (χ0v) is 20.4. The summed E-state index contributed by atoms with van der Waals surface area (Å²) in [4.78, 5) is 15.0. The molecule has 2 aromatic carbocycles. The number of ether oxygens (including phenoxy) is 2. The van der Waals surface area contributed by atoms with Gasteiger partial charge in [-0.1, -0.05) is 6.42 Å². The number of likely N-dealkylation sites (tertiary alicyclic amines) is 1. The van der Waals surface area contributed by atoms with Crippen molar-refractivity contribution in [2.75, 3.05) is 37.6 Å². The SMILES string of the molecule is C[C@@H]1CCCCN1CCCNC(=O)c1ccc(NS(=O)(=O)c2ccc3c(c2)OCCCO3)cc1. The highest BCUT2D eigenvalue weighted by Crippen LogP contribution is 2.32. The van der Waals surface area contributed by atoms with E-state index in [1.165, 1.54) is 31.4 Å². The Hall–Kier alpha value is -2.78. The number of fused-ring (bicyclic) bond motifs is 1. The Morgan fingerprint density at radius 2 is 1.79 bits per heavy atom. The average molecular weight is 488 g/mol. The number of nitrogens with one attached hydrogen (secondary N) is 2. The summed E-state index contributed by atoms with van der Waals surface area (Å²) in [6.45, 7) is 6.02. The second kappa shape index (κ2) is 11.1. The summed E-state index contributed by atoms with van der Waals surface area (Å²) < 4.78 is 39.4. The standard InChI is InChI=1S/C25H33N3O5S/c1-19-6-2-3-14-28(19)15-4-13-26-25(29)20-7-9-21(10-8-20)27-34(30,31)22-11-12-23-24(18-22)33-17-5-16-32-23/h7-12,18-19,27H,2-6,13-17H2,1H3,(H,26,29)/t19-/m1/s1. The van der Waals surface area contributed by atoms with Crippen LogP contribution in [0.2, 0.25) is 0 Å². The molecule has 0 aromatic heterocycles. The van der Waals surface area contributed by atoms with E-state index in [9.17, 15) is 13.2 Å². The van der Waals surface area contributed by atoms with Gasteiger partial charge in [-0.25, -0.2) is 8.42 Å². The van der Waals surface area contributed by atoms with Gasteiger partial charge in [0.2, 0.25) is 0 Å². The molecule has 2 heterocycles. The third kappa shape index (κ3) is 6.21. The molecule has 0 bridgehead atoms. The maximum atomic E-state index is 12.8. The highest BCUT2D eigenvalue weighted by molar-refractivity contribution is 7.92. The lowest BCUT2D eigenvalue weighted by Gasteiger charge is -2.33. The molecule has 2 aliphatic rings. The van der Waals surface area contributed by atoms with E-state index in [0.717, 1.165) is 25.9 Å². The van der Waals surface area contributed by atoms with E-state index >= 15 is 0 Å². The van der Waals surface area contributed by atoms with Gasteiger partial charge in [-0.15, -0.1) is 0 Å². The molecule has 1 fully saturated rings. The maximum absolute atomic E-state index is 12.8. The van der Waals surface area contributed by atoms with Gasteiger partial charge in [-0.05, 0) is 69.1 Å². The summed E-state index contributed by atoms with van der Waals surface area (Å²) in [5, 5.41) is 2.95. The van der Waals surface area contributed by atoms with E-state index in [0.29, 0.717) is 48.6 Å². The van der Waals surface area contributed by atoms with Gasteiger partial charge >= 0.3 is 0 Å². The number of rotatable bonds is 8. The Morgan fingerprint density at radius 3 is 2.56 bits per heavy atom. The monoisotopic (exact) mass is 487 g/mol. The van der Waals surface area contributed by atoms with Gasteiger partial charge in [-0.3, -0.25) is 9.52 Å². The molecule has 34 heavy (non-hydrogen) atoms. The zero-order chi connectivity index (χ0) is 24.0. The number of sulfonamides is 1. The molecule has 0 saturated carbocycles. The third-order valence-corrected chi connectivity index (χ3v) is 7.66. The van der Waals surface area contributed by atoms with Crippen LogP contribution < -0.4 is 19.5 Å². The summed E-state index contributed by atoms with van der Waals surface area (Å²) in [5.74, 6) is 0.795. The van der Waals surface area contributed by atoms with Gasteiger partial charge in [0.15, 0.2) is 11.5 Å². The van der Waals surface area contributed by atoms with E-state index in [2.05, 4.69) is 21.9 Å². The smallest absolute Gasteiger partial charge is 0.262 e. The van der Waals surface area contributed by atoms with Crippen molar-refractivity contribution in [2.24, 2.45) is 0 Å². The first-order chi connectivity index (χ1) is 16.4. The molecule has 1 saturated heterocycles. The predicted octanol–water partition coefficient (Wildman–Crippen LogP) is 3.64. The van der Waals surface area contributed by atoms with Gasteiger partial charge in [0.05, 0.1) is 18.1 Å². The molecule has 2 N–H and O–H groups in total. The highest BCUT2D eigenvalue weighted by Gasteiger charge is 2.20. The summed E-state index contributed by atoms with van der Waals surface area (Å²) in [7, 11) is -3.82. The van der Waals surface area contributed by atoms with Crippen LogP contribution >= 0.6 is 0 Å². The van der Waals surface area contributed by atoms with E-state index in [-0.39, 0.29) is 10.8 Å². The second-order valence-electron chi connectivity index (χ2n) is 8.83. The van der Waals surface area contributed by atoms with Gasteiger partial charge in [0, 0.05) is 42.9 Å². The molecule has 4 rings (SSSR count). The van der Waals surface area contributed by atoms with Crippen LogP contribution in [-0.4, -0.2) is 58.1 Å². The number of carbonyl (C=O) groups excluding carboxylic acids is 1. The number of amides is 1. The molecule has 2 aliphatic heterocycles. The van der Waals surface area contributed by atoms with E-state index in [4.69, 9.17) is 9.47 Å². The van der Waals surface area contributed by atoms with Crippen molar-refractivity contribution in [3.63, 3.8) is 0 Å². The van der Waals surface area contributed by atoms with Crippen LogP contribution in [0.3, 0.4) is 0 Å². The minimum atomic E-state index is -3.82. The van der Waals surface area contributed by atoms with Crippen molar-refractivity contribution < 1.29 is 22.7 Å². The first kappa shape index (κ1) is 24.3. The lowest BCUT2D eigenvalue weighted by molar-refractivity contribution is 0.0949. The fourth-order valence-corrected chi connectivity index (χ4v) is 5.36. The van der Waals surface area contributed by atoms with Crippen LogP contribution in [0.15, 0.2) is 47.4 Å². The summed E-state index contributed by atoms with van der Waals surface area (Å²) in [6.07, 6.45) is 5.45. The Bertz CT molecular complexity index is 1090. The first-order valence-corrected chi connectivity index (χ1v) is 13.5. The molecule has 2 aromatic rings. The van der Waals surface area contributed by atoms with Crippen LogP contribution in [0.25, 0.3) is 0 Å². The Labute approximate surface area is 201 Å². The van der Waals surface area contributed by atoms with E-state index in [1.807, 2.05) is 0 Å². The predicted molar refractivity (Wildman–Crippen MR) is 131 cm³/mol. The topological polar surface area (TPSA) is 97.0 Å². The minimum absolute atomic E-state index is 0.0848. The van der Waals surface area contributed by atoms with E-state index < -0.39 is 10.0 Å². The number of piperidine rings is 1. The van der Waals surface area contributed by atoms with E-state index in [1.54, 1.807) is 30.3 Å². The first-order valence-electron chi connectivity index (χ1n) is 12.0. The van der Waals surface area contributed by atoms with Crippen LogP contribution in [0.5, 0.6) is 11.5 Å². The lowest BCUT2D eigenvalue weighted by Crippen LogP contribution is -2.39. The molecule has 0 radical (unpaired) electrons. The molecule has 1 amide bonds. The summed E-state index contributed by atoms with van der Waals surface area (Å²) >= 11 is 0. The second-order valence-corrected chi connectivity index (χ2v) is 10.5. The molecule has 0 spiro atoms. The van der Waals surface area contributed by atoms with Crippen molar-refractivity contribution in [3.8, 4) is 11.5 Å². The van der Waals surface area contributed by atoms with Crippen molar-refractivity contribution in [1.82, 2.24) is 10.2 Å². The van der Waals surface area contributed by atoms with Crippen molar-refractivity contribution in [1.29, 1.82) is 0 Å². The zero-order valence-electron chi connectivity index (χ0n) is 19.6. The summed E-state index contributed by atoms with van der Waals surface area (Å²) in [6, 6.07) is 11.6. The summed E-state index contributed by atoms with van der Waals surface area (Å²) in [5.41, 5.74) is 0.868. The molecular formula is C25H33N3O5S. The van der Waals surface area contributed by atoms with Crippen LogP contribution in [0, 0.1) is 0 Å². The third-order valence-electron chi connectivity index (χ3n) is 6.28. The number of benzene rings is 2. The maximum Gasteiger partial charge on any atom is 0.262 e. The van der Waals surface area contributed by atoms with Gasteiger partial charge in [0.1, 0.15) is 0 Å². The number of nitrogens with zero attached hydrogens (tertiary/aromatic N) is 1. The molecule has 8 nitrogen and oxygen atoms in total. The number of carbonyl (C=O) groups is 1. The Morgan fingerprint density at radius 1 is 1.03 bits per heavy atom. The van der Waals surface area contributed by atoms with Crippen LogP contribution in [0.4, 0.5) is 5.69 Å². The molecule has 0 aliphatic carbocycles. The molecule has 9 heteroatoms. The largest absolute Gasteiger partial charge is 0.490 e. The van der Waals surface area contributed by atoms with Crippen molar-refractivity contribution >= 4 is 21.6 Å². The number of anilines is 1. The van der Waals surface area contributed by atoms with Gasteiger partial charge < -0.3 is 19.7 Å². The molecule has 184 valence electrons. The molecule has 0 unspecified atom stereocenters. The highest BCUT2D eigenvalue weighted by atomic mass is 32.2. The molecular weight excluding hydrogens is 454 g/mol.